The molecule has 6 heterocycles. The third-order valence-electron chi connectivity index (χ3n) is 11.6. The summed E-state index contributed by atoms with van der Waals surface area (Å²) in [6.45, 7) is 23.2. The molecule has 15 heteroatoms. The maximum absolute atomic E-state index is 13.0. The number of aromatic nitrogens is 4. The maximum Gasteiger partial charge on any atom is 0.293 e. The third kappa shape index (κ3) is 16.1. The quantitative estimate of drug-likeness (QED) is 0.193. The predicted octanol–water partition coefficient (Wildman–Crippen LogP) is 4.35. The minimum Gasteiger partial charge on any atom is -0.379 e. The van der Waals surface area contributed by atoms with E-state index < -0.39 is 0 Å². The zero-order valence-corrected chi connectivity index (χ0v) is 38.1. The Bertz CT molecular complexity index is 2090. The maximum atomic E-state index is 13.0. The molecule has 2 aromatic heterocycles. The molecule has 2 aromatic carbocycles. The Morgan fingerprint density at radius 1 is 0.603 bits per heavy atom. The number of aromatic amines is 1. The van der Waals surface area contributed by atoms with Gasteiger partial charge in [0.05, 0.1) is 26.4 Å². The Kier molecular flexibility index (Phi) is 19.9. The van der Waals surface area contributed by atoms with E-state index in [0.29, 0.717) is 18.2 Å². The summed E-state index contributed by atoms with van der Waals surface area (Å²) in [5.74, 6) is 1.85. The van der Waals surface area contributed by atoms with Crippen molar-refractivity contribution in [1.29, 1.82) is 0 Å². The Labute approximate surface area is 378 Å². The molecule has 8 rings (SSSR count). The van der Waals surface area contributed by atoms with Crippen LogP contribution in [0, 0.1) is 0 Å². The number of ether oxygens (including phenoxy) is 2. The van der Waals surface area contributed by atoms with Gasteiger partial charge in [0.25, 0.3) is 11.1 Å². The molecule has 4 fully saturated rings. The Hall–Kier alpha value is -4.67. The molecular weight excluding hydrogens is 816 g/mol. The molecule has 4 aliphatic heterocycles. The van der Waals surface area contributed by atoms with E-state index >= 15 is 0 Å². The minimum atomic E-state index is -0.110. The van der Waals surface area contributed by atoms with E-state index in [1.165, 1.54) is 22.3 Å². The molecule has 0 spiro atoms. The molecule has 0 saturated carbocycles. The van der Waals surface area contributed by atoms with E-state index in [9.17, 15) is 9.59 Å². The number of morpholine rings is 2. The summed E-state index contributed by atoms with van der Waals surface area (Å²) in [7, 11) is 0. The summed E-state index contributed by atoms with van der Waals surface area (Å²) in [5, 5.41) is 0. The molecular formula is C48H67ClN10O4. The van der Waals surface area contributed by atoms with Gasteiger partial charge in [0.2, 0.25) is 0 Å². The molecule has 0 atom stereocenters. The van der Waals surface area contributed by atoms with Gasteiger partial charge in [-0.3, -0.25) is 29.2 Å². The van der Waals surface area contributed by atoms with E-state index in [0.717, 1.165) is 137 Å². The van der Waals surface area contributed by atoms with Crippen LogP contribution >= 0.6 is 11.6 Å². The number of alkyl halides is 1. The standard InChI is InChI=1S/C24H33N5O2.C18H22N4O.C6H12ClNO/c1-21(19-22-5-3-2-4-6-22)20-27-10-12-28(13-11-27)23-24(30)29(8-7-25-23)14-9-26-15-17-31-18-16-26;1-15(13-16-5-3-2-4-6-16)14-21-9-11-22(12-10-21)17-18(23)20-8-7-19-17;7-1-2-8-3-5-9-6-4-8/h2-8,19H,9-18,20H2,1H3;2-8,13H,9-12,14H2,1H3,(H,20,23);1-6H2/b21-19+;15-13+;. The van der Waals surface area contributed by atoms with Crippen LogP contribution in [0.3, 0.4) is 0 Å². The lowest BCUT2D eigenvalue weighted by Crippen LogP contribution is -2.49. The highest BCUT2D eigenvalue weighted by Crippen LogP contribution is 2.14. The van der Waals surface area contributed by atoms with Gasteiger partial charge in [0, 0.05) is 142 Å². The van der Waals surface area contributed by atoms with E-state index in [1.54, 1.807) is 29.4 Å². The van der Waals surface area contributed by atoms with Crippen molar-refractivity contribution in [1.82, 2.24) is 39.1 Å². The van der Waals surface area contributed by atoms with Gasteiger partial charge < -0.3 is 28.8 Å². The average molecular weight is 884 g/mol. The van der Waals surface area contributed by atoms with Crippen LogP contribution < -0.4 is 20.9 Å². The van der Waals surface area contributed by atoms with Crippen molar-refractivity contribution in [2.75, 3.05) is 147 Å². The van der Waals surface area contributed by atoms with Gasteiger partial charge in [-0.1, -0.05) is 84.0 Å². The van der Waals surface area contributed by atoms with Crippen LogP contribution in [-0.2, 0) is 16.0 Å². The predicted molar refractivity (Wildman–Crippen MR) is 256 cm³/mol. The lowest BCUT2D eigenvalue weighted by Gasteiger charge is -2.35. The largest absolute Gasteiger partial charge is 0.379 e. The highest BCUT2D eigenvalue weighted by Gasteiger charge is 2.22. The molecule has 0 radical (unpaired) electrons. The minimum absolute atomic E-state index is 0.0179. The first-order valence-corrected chi connectivity index (χ1v) is 23.0. The number of piperazine rings is 2. The third-order valence-corrected chi connectivity index (χ3v) is 11.7. The van der Waals surface area contributed by atoms with Crippen molar-refractivity contribution in [2.24, 2.45) is 0 Å². The molecule has 0 amide bonds. The van der Waals surface area contributed by atoms with Crippen LogP contribution in [0.5, 0.6) is 0 Å². The smallest absolute Gasteiger partial charge is 0.293 e. The molecule has 63 heavy (non-hydrogen) atoms. The fraction of sp³-hybridized carbons (Fsp3) is 0.500. The highest BCUT2D eigenvalue weighted by molar-refractivity contribution is 6.18. The van der Waals surface area contributed by atoms with Crippen LogP contribution in [0.2, 0.25) is 0 Å². The van der Waals surface area contributed by atoms with Gasteiger partial charge in [-0.15, -0.1) is 11.6 Å². The average Bonchev–Trinajstić information content (AvgIpc) is 3.31. The molecule has 340 valence electrons. The molecule has 0 aliphatic carbocycles. The van der Waals surface area contributed by atoms with Crippen molar-refractivity contribution in [3.8, 4) is 0 Å². The number of nitrogens with zero attached hydrogens (tertiary/aromatic N) is 9. The van der Waals surface area contributed by atoms with E-state index in [2.05, 4.69) is 119 Å². The van der Waals surface area contributed by atoms with Crippen LogP contribution in [0.15, 0.2) is 106 Å². The van der Waals surface area contributed by atoms with Crippen molar-refractivity contribution in [3.05, 3.63) is 128 Å². The molecule has 1 N–H and O–H groups in total. The van der Waals surface area contributed by atoms with Gasteiger partial charge >= 0.3 is 0 Å². The van der Waals surface area contributed by atoms with Crippen molar-refractivity contribution < 1.29 is 9.47 Å². The second-order valence-electron chi connectivity index (χ2n) is 16.4. The summed E-state index contributed by atoms with van der Waals surface area (Å²) >= 11 is 5.55. The van der Waals surface area contributed by atoms with Gasteiger partial charge in [0.15, 0.2) is 11.6 Å². The molecule has 4 aromatic rings. The zero-order chi connectivity index (χ0) is 44.1. The van der Waals surface area contributed by atoms with Gasteiger partial charge in [0.1, 0.15) is 0 Å². The van der Waals surface area contributed by atoms with E-state index in [1.807, 2.05) is 12.1 Å². The number of benzene rings is 2. The summed E-state index contributed by atoms with van der Waals surface area (Å²) in [5.41, 5.74) is 5.09. The lowest BCUT2D eigenvalue weighted by molar-refractivity contribution is 0.0363. The first-order chi connectivity index (χ1) is 30.8. The summed E-state index contributed by atoms with van der Waals surface area (Å²) in [4.78, 5) is 49.8. The van der Waals surface area contributed by atoms with Gasteiger partial charge in [-0.25, -0.2) is 9.97 Å². The molecule has 0 bridgehead atoms. The van der Waals surface area contributed by atoms with E-state index in [-0.39, 0.29) is 11.1 Å². The molecule has 0 unspecified atom stereocenters. The summed E-state index contributed by atoms with van der Waals surface area (Å²) in [6, 6.07) is 20.8. The molecule has 4 saturated heterocycles. The highest BCUT2D eigenvalue weighted by atomic mass is 35.5. The SMILES string of the molecule is C/C(=C\c1ccccc1)CN1CCN(c2ncc[nH]c2=O)CC1.C/C(=C\c1ccccc1)CN1CCN(c2nccn(CCN3CCOCC3)c2=O)CC1.ClCCN1CCOCC1. The van der Waals surface area contributed by atoms with Crippen LogP contribution in [0.1, 0.15) is 25.0 Å². The number of halogens is 1. The van der Waals surface area contributed by atoms with Crippen molar-refractivity contribution >= 4 is 35.4 Å². The number of nitrogens with one attached hydrogen (secondary N) is 1. The van der Waals surface area contributed by atoms with Crippen LogP contribution in [0.25, 0.3) is 12.2 Å². The summed E-state index contributed by atoms with van der Waals surface area (Å²) < 4.78 is 12.4. The molecule has 4 aliphatic rings. The fourth-order valence-electron chi connectivity index (χ4n) is 8.12. The zero-order valence-electron chi connectivity index (χ0n) is 37.3. The van der Waals surface area contributed by atoms with Crippen LogP contribution in [-0.4, -0.2) is 176 Å². The van der Waals surface area contributed by atoms with Crippen molar-refractivity contribution in [3.63, 3.8) is 0 Å². The monoisotopic (exact) mass is 883 g/mol. The Morgan fingerprint density at radius 3 is 1.57 bits per heavy atom. The summed E-state index contributed by atoms with van der Waals surface area (Å²) in [6.07, 6.45) is 11.2. The number of rotatable bonds is 13. The first-order valence-electron chi connectivity index (χ1n) is 22.5. The number of hydrogen-bond donors (Lipinski definition) is 1. The Balaban J connectivity index is 0.000000180. The first kappa shape index (κ1) is 47.8. The number of hydrogen-bond acceptors (Lipinski definition) is 12. The number of H-pyrrole nitrogens is 1. The lowest BCUT2D eigenvalue weighted by atomic mass is 10.1. The topological polar surface area (TPSA) is 119 Å². The molecule has 14 nitrogen and oxygen atoms in total. The van der Waals surface area contributed by atoms with Gasteiger partial charge in [-0.2, -0.15) is 0 Å². The number of anilines is 2. The second kappa shape index (κ2) is 26.2. The van der Waals surface area contributed by atoms with Crippen LogP contribution in [0.4, 0.5) is 11.6 Å². The van der Waals surface area contributed by atoms with E-state index in [4.69, 9.17) is 21.1 Å². The van der Waals surface area contributed by atoms with Gasteiger partial charge in [-0.05, 0) is 25.0 Å². The fourth-order valence-corrected chi connectivity index (χ4v) is 8.36. The van der Waals surface area contributed by atoms with Crippen molar-refractivity contribution in [2.45, 2.75) is 20.4 Å². The normalized spacial score (nSPS) is 18.6. The second-order valence-corrected chi connectivity index (χ2v) is 16.8. The Morgan fingerprint density at radius 2 is 1.08 bits per heavy atom.